The summed E-state index contributed by atoms with van der Waals surface area (Å²) in [5, 5.41) is 1.94. The van der Waals surface area contributed by atoms with Crippen molar-refractivity contribution in [1.82, 2.24) is 4.57 Å². The molecule has 0 spiro atoms. The van der Waals surface area contributed by atoms with Crippen molar-refractivity contribution < 1.29 is 0 Å². The van der Waals surface area contributed by atoms with Gasteiger partial charge in [-0.3, -0.25) is 0 Å². The highest BCUT2D eigenvalue weighted by atomic mass is 35.5. The van der Waals surface area contributed by atoms with E-state index in [0.29, 0.717) is 0 Å². The monoisotopic (exact) mass is 227 g/mol. The average molecular weight is 228 g/mol. The van der Waals surface area contributed by atoms with Crippen LogP contribution < -0.4 is 0 Å². The molecule has 0 atom stereocenters. The summed E-state index contributed by atoms with van der Waals surface area (Å²) in [7, 11) is 0. The normalized spacial score (nSPS) is 10.8. The molecule has 3 aromatic rings. The van der Waals surface area contributed by atoms with Crippen LogP contribution in [0.5, 0.6) is 0 Å². The fraction of sp³-hybridized carbons (Fsp3) is 0. The minimum absolute atomic E-state index is 0.776. The summed E-state index contributed by atoms with van der Waals surface area (Å²) >= 11 is 5.96. The molecule has 0 aliphatic carbocycles. The topological polar surface area (TPSA) is 4.93 Å². The number of para-hydroxylation sites is 1. The Labute approximate surface area is 98.9 Å². The zero-order valence-electron chi connectivity index (χ0n) is 8.60. The first-order valence-corrected chi connectivity index (χ1v) is 5.54. The molecule has 0 unspecified atom stereocenters. The Kier molecular flexibility index (Phi) is 2.19. The van der Waals surface area contributed by atoms with Crippen molar-refractivity contribution in [3.05, 3.63) is 65.8 Å². The Bertz CT molecular complexity index is 626. The lowest BCUT2D eigenvalue weighted by atomic mass is 10.2. The summed E-state index contributed by atoms with van der Waals surface area (Å²) in [5.41, 5.74) is 2.34. The molecule has 3 rings (SSSR count). The SMILES string of the molecule is Clc1ccc2c(ccn2-c2ccccc2)c1. The van der Waals surface area contributed by atoms with Gasteiger partial charge in [-0.15, -0.1) is 0 Å². The van der Waals surface area contributed by atoms with E-state index in [1.807, 2.05) is 36.4 Å². The Morgan fingerprint density at radius 1 is 0.875 bits per heavy atom. The van der Waals surface area contributed by atoms with Crippen LogP contribution >= 0.6 is 11.6 Å². The standard InChI is InChI=1S/C14H10ClN/c15-12-6-7-14-11(10-12)8-9-16(14)13-4-2-1-3-5-13/h1-10H. The number of hydrogen-bond acceptors (Lipinski definition) is 0. The second kappa shape index (κ2) is 3.69. The van der Waals surface area contributed by atoms with E-state index in [1.165, 1.54) is 11.2 Å². The first-order chi connectivity index (χ1) is 7.84. The van der Waals surface area contributed by atoms with Crippen molar-refractivity contribution >= 4 is 22.5 Å². The van der Waals surface area contributed by atoms with Gasteiger partial charge < -0.3 is 4.57 Å². The molecule has 1 nitrogen and oxygen atoms in total. The maximum Gasteiger partial charge on any atom is 0.0529 e. The van der Waals surface area contributed by atoms with E-state index in [9.17, 15) is 0 Å². The summed E-state index contributed by atoms with van der Waals surface area (Å²) in [6.07, 6.45) is 2.07. The predicted molar refractivity (Wildman–Crippen MR) is 68.3 cm³/mol. The second-order valence-corrected chi connectivity index (χ2v) is 4.16. The van der Waals surface area contributed by atoms with Gasteiger partial charge in [0.1, 0.15) is 0 Å². The maximum atomic E-state index is 5.96. The van der Waals surface area contributed by atoms with Crippen molar-refractivity contribution in [2.45, 2.75) is 0 Å². The van der Waals surface area contributed by atoms with E-state index < -0.39 is 0 Å². The fourth-order valence-corrected chi connectivity index (χ4v) is 2.11. The summed E-state index contributed by atoms with van der Waals surface area (Å²) in [4.78, 5) is 0. The molecule has 0 saturated carbocycles. The molecule has 0 radical (unpaired) electrons. The van der Waals surface area contributed by atoms with Crippen molar-refractivity contribution in [1.29, 1.82) is 0 Å². The van der Waals surface area contributed by atoms with E-state index in [1.54, 1.807) is 0 Å². The Hall–Kier alpha value is -1.73. The summed E-state index contributed by atoms with van der Waals surface area (Å²) in [6.45, 7) is 0. The molecular weight excluding hydrogens is 218 g/mol. The molecule has 0 fully saturated rings. The maximum absolute atomic E-state index is 5.96. The van der Waals surface area contributed by atoms with Gasteiger partial charge in [0.25, 0.3) is 0 Å². The minimum atomic E-state index is 0.776. The summed E-state index contributed by atoms with van der Waals surface area (Å²) in [6, 6.07) is 18.3. The van der Waals surface area contributed by atoms with Gasteiger partial charge in [-0.2, -0.15) is 0 Å². The number of benzene rings is 2. The van der Waals surface area contributed by atoms with Crippen molar-refractivity contribution in [2.24, 2.45) is 0 Å². The number of nitrogens with zero attached hydrogens (tertiary/aromatic N) is 1. The third-order valence-electron chi connectivity index (χ3n) is 2.69. The third kappa shape index (κ3) is 1.50. The first-order valence-electron chi connectivity index (χ1n) is 5.17. The van der Waals surface area contributed by atoms with Crippen LogP contribution in [0.2, 0.25) is 5.02 Å². The Morgan fingerprint density at radius 3 is 2.50 bits per heavy atom. The van der Waals surface area contributed by atoms with Gasteiger partial charge in [0.05, 0.1) is 5.52 Å². The van der Waals surface area contributed by atoms with Crippen molar-refractivity contribution in [3.8, 4) is 5.69 Å². The van der Waals surface area contributed by atoms with Crippen molar-refractivity contribution in [3.63, 3.8) is 0 Å². The molecule has 0 aliphatic rings. The summed E-state index contributed by atoms with van der Waals surface area (Å²) < 4.78 is 2.16. The average Bonchev–Trinajstić information content (AvgIpc) is 2.73. The van der Waals surface area contributed by atoms with Crippen LogP contribution in [0.25, 0.3) is 16.6 Å². The number of halogens is 1. The number of rotatable bonds is 1. The van der Waals surface area contributed by atoms with Crippen LogP contribution in [0.15, 0.2) is 60.8 Å². The quantitative estimate of drug-likeness (QED) is 0.585. The van der Waals surface area contributed by atoms with Crippen LogP contribution in [0.1, 0.15) is 0 Å². The smallest absolute Gasteiger partial charge is 0.0529 e. The molecule has 1 aromatic heterocycles. The molecule has 78 valence electrons. The van der Waals surface area contributed by atoms with Gasteiger partial charge in [0.2, 0.25) is 0 Å². The molecule has 2 aromatic carbocycles. The second-order valence-electron chi connectivity index (χ2n) is 3.72. The van der Waals surface area contributed by atoms with E-state index >= 15 is 0 Å². The zero-order valence-corrected chi connectivity index (χ0v) is 9.35. The minimum Gasteiger partial charge on any atom is -0.317 e. The first kappa shape index (κ1) is 9.49. The van der Waals surface area contributed by atoms with Gasteiger partial charge in [-0.1, -0.05) is 29.8 Å². The molecule has 0 amide bonds. The van der Waals surface area contributed by atoms with Gasteiger partial charge in [0, 0.05) is 22.3 Å². The highest BCUT2D eigenvalue weighted by Crippen LogP contribution is 2.23. The van der Waals surface area contributed by atoms with Gasteiger partial charge in [0.15, 0.2) is 0 Å². The molecule has 2 heteroatoms. The van der Waals surface area contributed by atoms with Crippen LogP contribution in [-0.2, 0) is 0 Å². The Morgan fingerprint density at radius 2 is 1.69 bits per heavy atom. The number of aromatic nitrogens is 1. The van der Waals surface area contributed by atoms with Crippen LogP contribution in [0.4, 0.5) is 0 Å². The highest BCUT2D eigenvalue weighted by molar-refractivity contribution is 6.31. The molecule has 0 saturated heterocycles. The van der Waals surface area contributed by atoms with Gasteiger partial charge >= 0.3 is 0 Å². The molecule has 0 aliphatic heterocycles. The van der Waals surface area contributed by atoms with E-state index in [-0.39, 0.29) is 0 Å². The van der Waals surface area contributed by atoms with E-state index in [2.05, 4.69) is 29.0 Å². The van der Waals surface area contributed by atoms with E-state index in [4.69, 9.17) is 11.6 Å². The van der Waals surface area contributed by atoms with Crippen molar-refractivity contribution in [2.75, 3.05) is 0 Å². The lowest BCUT2D eigenvalue weighted by Crippen LogP contribution is -1.90. The number of fused-ring (bicyclic) bond motifs is 1. The van der Waals surface area contributed by atoms with E-state index in [0.717, 1.165) is 10.4 Å². The van der Waals surface area contributed by atoms with Crippen LogP contribution in [-0.4, -0.2) is 4.57 Å². The van der Waals surface area contributed by atoms with Crippen LogP contribution in [0.3, 0.4) is 0 Å². The number of hydrogen-bond donors (Lipinski definition) is 0. The lowest BCUT2D eigenvalue weighted by Gasteiger charge is -2.04. The molecule has 1 heterocycles. The Balaban J connectivity index is 2.26. The highest BCUT2D eigenvalue weighted by Gasteiger charge is 2.02. The molecule has 0 bridgehead atoms. The molecule has 16 heavy (non-hydrogen) atoms. The lowest BCUT2D eigenvalue weighted by molar-refractivity contribution is 1.13. The van der Waals surface area contributed by atoms with Crippen LogP contribution in [0, 0.1) is 0 Å². The summed E-state index contributed by atoms with van der Waals surface area (Å²) in [5.74, 6) is 0. The third-order valence-corrected chi connectivity index (χ3v) is 2.92. The zero-order chi connectivity index (χ0) is 11.0. The fourth-order valence-electron chi connectivity index (χ4n) is 1.93. The van der Waals surface area contributed by atoms with Gasteiger partial charge in [-0.05, 0) is 36.4 Å². The predicted octanol–water partition coefficient (Wildman–Crippen LogP) is 4.28. The molecule has 0 N–H and O–H groups in total. The largest absolute Gasteiger partial charge is 0.317 e. The van der Waals surface area contributed by atoms with Gasteiger partial charge in [-0.25, -0.2) is 0 Å². The molecular formula is C14H10ClN.